The number of carboxylic acids is 1. The molecule has 0 aliphatic carbocycles. The van der Waals surface area contributed by atoms with E-state index < -0.39 is 18.0 Å². The SMILES string of the molecule is Cc1cc2c(cc1C)OC(C(=O)Nc1cccc(C(C)C(=O)O)c1)C2. The zero-order chi connectivity index (χ0) is 18.1. The van der Waals surface area contributed by atoms with E-state index in [1.54, 1.807) is 31.2 Å². The molecule has 0 saturated carbocycles. The number of rotatable bonds is 4. The molecule has 25 heavy (non-hydrogen) atoms. The first kappa shape index (κ1) is 17.0. The zero-order valence-electron chi connectivity index (χ0n) is 14.5. The Balaban J connectivity index is 1.72. The Morgan fingerprint density at radius 1 is 1.20 bits per heavy atom. The predicted octanol–water partition coefficient (Wildman–Crippen LogP) is 3.43. The number of hydrogen-bond donors (Lipinski definition) is 2. The van der Waals surface area contributed by atoms with Crippen LogP contribution in [0.25, 0.3) is 0 Å². The number of anilines is 1. The molecule has 5 heteroatoms. The van der Waals surface area contributed by atoms with Crippen LogP contribution in [0.15, 0.2) is 36.4 Å². The topological polar surface area (TPSA) is 75.6 Å². The van der Waals surface area contributed by atoms with Crippen LogP contribution in [-0.4, -0.2) is 23.1 Å². The van der Waals surface area contributed by atoms with Gasteiger partial charge >= 0.3 is 5.97 Å². The molecular formula is C20H21NO4. The summed E-state index contributed by atoms with van der Waals surface area (Å²) in [5.41, 5.74) is 4.57. The summed E-state index contributed by atoms with van der Waals surface area (Å²) < 4.78 is 5.79. The Hall–Kier alpha value is -2.82. The van der Waals surface area contributed by atoms with Gasteiger partial charge in [-0.3, -0.25) is 9.59 Å². The highest BCUT2D eigenvalue weighted by Gasteiger charge is 2.29. The van der Waals surface area contributed by atoms with Gasteiger partial charge in [-0.2, -0.15) is 0 Å². The smallest absolute Gasteiger partial charge is 0.310 e. The highest BCUT2D eigenvalue weighted by molar-refractivity contribution is 5.95. The molecule has 2 atom stereocenters. The van der Waals surface area contributed by atoms with E-state index in [9.17, 15) is 9.59 Å². The summed E-state index contributed by atoms with van der Waals surface area (Å²) in [6, 6.07) is 10.9. The van der Waals surface area contributed by atoms with Crippen molar-refractivity contribution in [3.05, 3.63) is 58.7 Å². The number of aryl methyl sites for hydroxylation is 2. The lowest BCUT2D eigenvalue weighted by atomic mass is 10.0. The maximum Gasteiger partial charge on any atom is 0.310 e. The normalized spacial score (nSPS) is 16.7. The third kappa shape index (κ3) is 3.50. The fraction of sp³-hybridized carbons (Fsp3) is 0.300. The van der Waals surface area contributed by atoms with Gasteiger partial charge in [0.15, 0.2) is 6.10 Å². The maximum absolute atomic E-state index is 12.5. The summed E-state index contributed by atoms with van der Waals surface area (Å²) >= 11 is 0. The van der Waals surface area contributed by atoms with E-state index in [1.165, 1.54) is 5.56 Å². The lowest BCUT2D eigenvalue weighted by Crippen LogP contribution is -2.31. The predicted molar refractivity (Wildman–Crippen MR) is 95.2 cm³/mol. The van der Waals surface area contributed by atoms with E-state index in [0.717, 1.165) is 16.9 Å². The van der Waals surface area contributed by atoms with Gasteiger partial charge in [0.25, 0.3) is 5.91 Å². The second-order valence-electron chi connectivity index (χ2n) is 6.53. The number of carboxylic acid groups (broad SMARTS) is 1. The minimum absolute atomic E-state index is 0.230. The number of ether oxygens (including phenoxy) is 1. The van der Waals surface area contributed by atoms with Crippen LogP contribution in [0.4, 0.5) is 5.69 Å². The minimum Gasteiger partial charge on any atom is -0.481 e. The van der Waals surface area contributed by atoms with Crippen molar-refractivity contribution in [2.24, 2.45) is 0 Å². The van der Waals surface area contributed by atoms with Crippen molar-refractivity contribution in [3.63, 3.8) is 0 Å². The highest BCUT2D eigenvalue weighted by atomic mass is 16.5. The Morgan fingerprint density at radius 3 is 2.64 bits per heavy atom. The molecule has 1 heterocycles. The van der Waals surface area contributed by atoms with Crippen LogP contribution in [0.2, 0.25) is 0 Å². The average molecular weight is 339 g/mol. The second-order valence-corrected chi connectivity index (χ2v) is 6.53. The van der Waals surface area contributed by atoms with Gasteiger partial charge in [-0.1, -0.05) is 18.2 Å². The molecule has 2 N–H and O–H groups in total. The third-order valence-corrected chi connectivity index (χ3v) is 4.67. The summed E-state index contributed by atoms with van der Waals surface area (Å²) in [5, 5.41) is 11.9. The molecule has 0 fully saturated rings. The van der Waals surface area contributed by atoms with Gasteiger partial charge in [-0.15, -0.1) is 0 Å². The van der Waals surface area contributed by atoms with Gasteiger partial charge in [0.1, 0.15) is 5.75 Å². The number of hydrogen-bond acceptors (Lipinski definition) is 3. The molecule has 0 spiro atoms. The van der Waals surface area contributed by atoms with Gasteiger partial charge < -0.3 is 15.2 Å². The molecule has 1 aliphatic rings. The van der Waals surface area contributed by atoms with Gasteiger partial charge in [-0.25, -0.2) is 0 Å². The summed E-state index contributed by atoms with van der Waals surface area (Å²) in [6.45, 7) is 5.67. The summed E-state index contributed by atoms with van der Waals surface area (Å²) in [4.78, 5) is 23.6. The van der Waals surface area contributed by atoms with E-state index in [4.69, 9.17) is 9.84 Å². The Kier molecular flexibility index (Phi) is 4.49. The summed E-state index contributed by atoms with van der Waals surface area (Å²) in [5.74, 6) is -0.998. The molecule has 3 rings (SSSR count). The number of benzene rings is 2. The van der Waals surface area contributed by atoms with Crippen LogP contribution in [0.3, 0.4) is 0 Å². The van der Waals surface area contributed by atoms with Crippen molar-refractivity contribution < 1.29 is 19.4 Å². The first-order valence-electron chi connectivity index (χ1n) is 8.25. The van der Waals surface area contributed by atoms with Crippen LogP contribution >= 0.6 is 0 Å². The number of nitrogens with one attached hydrogen (secondary N) is 1. The van der Waals surface area contributed by atoms with Crippen molar-refractivity contribution in [1.29, 1.82) is 0 Å². The number of carbonyl (C=O) groups excluding carboxylic acids is 1. The molecule has 0 saturated heterocycles. The monoisotopic (exact) mass is 339 g/mol. The zero-order valence-corrected chi connectivity index (χ0v) is 14.5. The van der Waals surface area contributed by atoms with Crippen molar-refractivity contribution in [3.8, 4) is 5.75 Å². The largest absolute Gasteiger partial charge is 0.481 e. The molecule has 2 aromatic rings. The van der Waals surface area contributed by atoms with Gasteiger partial charge in [0, 0.05) is 12.1 Å². The van der Waals surface area contributed by atoms with E-state index in [1.807, 2.05) is 19.9 Å². The third-order valence-electron chi connectivity index (χ3n) is 4.67. The number of aliphatic carboxylic acids is 1. The maximum atomic E-state index is 12.5. The molecule has 130 valence electrons. The second kappa shape index (κ2) is 6.59. The molecule has 2 aromatic carbocycles. The lowest BCUT2D eigenvalue weighted by Gasteiger charge is -2.13. The van der Waals surface area contributed by atoms with Crippen LogP contribution in [-0.2, 0) is 16.0 Å². The Labute approximate surface area is 146 Å². The van der Waals surface area contributed by atoms with E-state index in [2.05, 4.69) is 11.4 Å². The van der Waals surface area contributed by atoms with Crippen molar-refractivity contribution in [1.82, 2.24) is 0 Å². The summed E-state index contributed by atoms with van der Waals surface area (Å²) in [6.07, 6.45) is -0.0372. The van der Waals surface area contributed by atoms with Crippen molar-refractivity contribution in [2.75, 3.05) is 5.32 Å². The first-order valence-corrected chi connectivity index (χ1v) is 8.25. The van der Waals surface area contributed by atoms with Crippen molar-refractivity contribution in [2.45, 2.75) is 39.2 Å². The Bertz CT molecular complexity index is 813. The molecular weight excluding hydrogens is 318 g/mol. The minimum atomic E-state index is -0.899. The molecule has 1 aliphatic heterocycles. The van der Waals surface area contributed by atoms with E-state index in [0.29, 0.717) is 17.7 Å². The van der Waals surface area contributed by atoms with Gasteiger partial charge in [-0.05, 0) is 61.2 Å². The van der Waals surface area contributed by atoms with Gasteiger partial charge in [0.2, 0.25) is 0 Å². The molecule has 0 aromatic heterocycles. The fourth-order valence-corrected chi connectivity index (χ4v) is 2.91. The molecule has 2 unspecified atom stereocenters. The summed E-state index contributed by atoms with van der Waals surface area (Å²) in [7, 11) is 0. The standard InChI is InChI=1S/C20H21NO4/c1-11-7-15-10-18(25-17(15)8-12(11)2)19(22)21-16-6-4-5-14(9-16)13(3)20(23)24/h4-9,13,18H,10H2,1-3H3,(H,21,22)(H,23,24). The molecule has 0 radical (unpaired) electrons. The molecule has 5 nitrogen and oxygen atoms in total. The van der Waals surface area contributed by atoms with Crippen LogP contribution in [0.1, 0.15) is 35.1 Å². The number of carbonyl (C=O) groups is 2. The lowest BCUT2D eigenvalue weighted by molar-refractivity contribution is -0.138. The number of amides is 1. The Morgan fingerprint density at radius 2 is 1.92 bits per heavy atom. The van der Waals surface area contributed by atoms with Gasteiger partial charge in [0.05, 0.1) is 5.92 Å². The highest BCUT2D eigenvalue weighted by Crippen LogP contribution is 2.32. The van der Waals surface area contributed by atoms with Crippen LogP contribution < -0.4 is 10.1 Å². The quantitative estimate of drug-likeness (QED) is 0.895. The van der Waals surface area contributed by atoms with E-state index in [-0.39, 0.29) is 5.91 Å². The van der Waals surface area contributed by atoms with E-state index >= 15 is 0 Å². The fourth-order valence-electron chi connectivity index (χ4n) is 2.91. The molecule has 0 bridgehead atoms. The van der Waals surface area contributed by atoms with Crippen LogP contribution in [0.5, 0.6) is 5.75 Å². The molecule has 1 amide bonds. The van der Waals surface area contributed by atoms with Crippen molar-refractivity contribution >= 4 is 17.6 Å². The average Bonchev–Trinajstić information content (AvgIpc) is 2.97. The number of fused-ring (bicyclic) bond motifs is 1. The first-order chi connectivity index (χ1) is 11.8. The van der Waals surface area contributed by atoms with Crippen LogP contribution in [0, 0.1) is 13.8 Å².